The van der Waals surface area contributed by atoms with Crippen molar-refractivity contribution in [3.05, 3.63) is 81.2 Å². The van der Waals surface area contributed by atoms with Crippen LogP contribution in [0.25, 0.3) is 0 Å². The Morgan fingerprint density at radius 2 is 1.44 bits per heavy atom. The molecule has 0 N–H and O–H groups in total. The van der Waals surface area contributed by atoms with E-state index < -0.39 is 5.92 Å². The predicted octanol–water partition coefficient (Wildman–Crippen LogP) is 8.41. The molecule has 0 amide bonds. The molecule has 1 heterocycles. The number of Topliss-reactive ketones (excluding diaryl/α,β-unsaturated/α-hetero) is 2. The molecule has 0 saturated carbocycles. The molecule has 41 heavy (non-hydrogen) atoms. The van der Waals surface area contributed by atoms with Gasteiger partial charge in [-0.2, -0.15) is 0 Å². The lowest BCUT2D eigenvalue weighted by atomic mass is 9.63. The monoisotopic (exact) mass is 575 g/mol. The Morgan fingerprint density at radius 1 is 0.854 bits per heavy atom. The highest BCUT2D eigenvalue weighted by Crippen LogP contribution is 2.55. The van der Waals surface area contributed by atoms with E-state index in [0.29, 0.717) is 42.6 Å². The van der Waals surface area contributed by atoms with Gasteiger partial charge in [-0.05, 0) is 60.3 Å². The van der Waals surface area contributed by atoms with Crippen LogP contribution < -0.4 is 9.47 Å². The van der Waals surface area contributed by atoms with Gasteiger partial charge in [0.2, 0.25) is 0 Å². The third-order valence-electron chi connectivity index (χ3n) is 8.36. The molecule has 218 valence electrons. The largest absolute Gasteiger partial charge is 0.490 e. The molecule has 0 bridgehead atoms. The summed E-state index contributed by atoms with van der Waals surface area (Å²) in [5.41, 5.74) is 5.17. The second-order valence-electron chi connectivity index (χ2n) is 13.2. The Bertz CT molecular complexity index is 1370. The number of hydrogen-bond donors (Lipinski definition) is 0. The Kier molecular flexibility index (Phi) is 8.13. The molecule has 2 aliphatic carbocycles. The molecule has 3 aliphatic rings. The predicted molar refractivity (Wildman–Crippen MR) is 163 cm³/mol. The molecular formula is C35H42ClNO4. The second-order valence-corrected chi connectivity index (χ2v) is 13.6. The fraction of sp³-hybridized carbons (Fsp3) is 0.486. The highest BCUT2D eigenvalue weighted by atomic mass is 35.5. The molecule has 0 atom stereocenters. The molecule has 0 spiro atoms. The molecule has 2 aromatic carbocycles. The molecule has 0 fully saturated rings. The zero-order valence-electron chi connectivity index (χ0n) is 25.2. The molecule has 2 aromatic rings. The SMILES string of the molecule is CCCN1C2=C(C(=O)CC(C)(C)C2)C(c2cc(Cl)c(OCc3ccccc3)c(OCC)c2)C2=C1CC(C)(C)CC2=O. The van der Waals surface area contributed by atoms with Crippen molar-refractivity contribution in [1.29, 1.82) is 0 Å². The van der Waals surface area contributed by atoms with Crippen LogP contribution in [0.5, 0.6) is 11.5 Å². The Morgan fingerprint density at radius 3 is 1.98 bits per heavy atom. The van der Waals surface area contributed by atoms with Crippen LogP contribution >= 0.6 is 11.6 Å². The van der Waals surface area contributed by atoms with Crippen LogP contribution in [0.2, 0.25) is 5.02 Å². The summed E-state index contributed by atoms with van der Waals surface area (Å²) in [6.45, 7) is 14.3. The summed E-state index contributed by atoms with van der Waals surface area (Å²) >= 11 is 6.93. The molecule has 0 aromatic heterocycles. The van der Waals surface area contributed by atoms with E-state index in [9.17, 15) is 9.59 Å². The van der Waals surface area contributed by atoms with Crippen molar-refractivity contribution in [3.63, 3.8) is 0 Å². The van der Waals surface area contributed by atoms with E-state index >= 15 is 0 Å². The number of halogens is 1. The molecule has 1 aliphatic heterocycles. The van der Waals surface area contributed by atoms with Crippen molar-refractivity contribution in [3.8, 4) is 11.5 Å². The lowest BCUT2D eigenvalue weighted by Crippen LogP contribution is -2.44. The maximum absolute atomic E-state index is 14.0. The third-order valence-corrected chi connectivity index (χ3v) is 8.64. The van der Waals surface area contributed by atoms with Gasteiger partial charge >= 0.3 is 0 Å². The van der Waals surface area contributed by atoms with E-state index in [4.69, 9.17) is 21.1 Å². The number of hydrogen-bond acceptors (Lipinski definition) is 5. The minimum Gasteiger partial charge on any atom is -0.490 e. The van der Waals surface area contributed by atoms with Crippen LogP contribution in [0.3, 0.4) is 0 Å². The Hall–Kier alpha value is -3.05. The van der Waals surface area contributed by atoms with E-state index in [1.54, 1.807) is 0 Å². The summed E-state index contributed by atoms with van der Waals surface area (Å²) in [7, 11) is 0. The molecule has 0 unspecified atom stereocenters. The first-order chi connectivity index (χ1) is 19.4. The highest BCUT2D eigenvalue weighted by Gasteiger charge is 2.49. The van der Waals surface area contributed by atoms with Gasteiger partial charge < -0.3 is 14.4 Å². The Balaban J connectivity index is 1.68. The van der Waals surface area contributed by atoms with E-state index in [1.807, 2.05) is 49.4 Å². The van der Waals surface area contributed by atoms with Gasteiger partial charge in [0.25, 0.3) is 0 Å². The summed E-state index contributed by atoms with van der Waals surface area (Å²) in [5.74, 6) is 0.758. The van der Waals surface area contributed by atoms with Gasteiger partial charge in [0.15, 0.2) is 23.1 Å². The summed E-state index contributed by atoms with van der Waals surface area (Å²) in [6.07, 6.45) is 3.42. The van der Waals surface area contributed by atoms with Gasteiger partial charge in [-0.25, -0.2) is 0 Å². The number of benzene rings is 2. The van der Waals surface area contributed by atoms with Crippen molar-refractivity contribution < 1.29 is 19.1 Å². The van der Waals surface area contributed by atoms with Crippen molar-refractivity contribution in [1.82, 2.24) is 4.90 Å². The standard InChI is InChI=1S/C35H42ClNO4/c1-7-14-37-25-17-34(3,4)19-27(38)31(25)30(32-26(37)18-35(5,6)20-28(32)39)23-15-24(36)33(29(16-23)40-8-2)41-21-22-12-10-9-11-13-22/h9-13,15-16,30H,7-8,14,17-21H2,1-6H3. The molecular weight excluding hydrogens is 534 g/mol. The van der Waals surface area contributed by atoms with Crippen molar-refractivity contribution in [2.75, 3.05) is 13.2 Å². The van der Waals surface area contributed by atoms with Crippen molar-refractivity contribution in [2.45, 2.75) is 86.2 Å². The minimum absolute atomic E-state index is 0.116. The fourth-order valence-electron chi connectivity index (χ4n) is 6.76. The minimum atomic E-state index is -0.472. The van der Waals surface area contributed by atoms with Crippen LogP contribution in [0.15, 0.2) is 65.0 Å². The van der Waals surface area contributed by atoms with E-state index in [0.717, 1.165) is 59.5 Å². The maximum atomic E-state index is 14.0. The van der Waals surface area contributed by atoms with Crippen LogP contribution in [0.1, 0.15) is 90.7 Å². The molecule has 0 radical (unpaired) electrons. The number of carbonyl (C=O) groups excluding carboxylic acids is 2. The summed E-state index contributed by atoms with van der Waals surface area (Å²) in [4.78, 5) is 30.3. The lowest BCUT2D eigenvalue weighted by Gasteiger charge is -2.49. The molecule has 6 heteroatoms. The molecule has 0 saturated heterocycles. The number of carbonyl (C=O) groups is 2. The topological polar surface area (TPSA) is 55.8 Å². The fourth-order valence-corrected chi connectivity index (χ4v) is 7.04. The first kappa shape index (κ1) is 29.4. The maximum Gasteiger partial charge on any atom is 0.180 e. The van der Waals surface area contributed by atoms with Crippen LogP contribution in [-0.2, 0) is 16.2 Å². The summed E-state index contributed by atoms with van der Waals surface area (Å²) < 4.78 is 12.3. The third kappa shape index (κ3) is 5.83. The van der Waals surface area contributed by atoms with Gasteiger partial charge in [0.05, 0.1) is 11.6 Å². The second kappa shape index (κ2) is 11.3. The summed E-state index contributed by atoms with van der Waals surface area (Å²) in [5, 5.41) is 0.411. The van der Waals surface area contributed by atoms with Gasteiger partial charge in [-0.3, -0.25) is 9.59 Å². The van der Waals surface area contributed by atoms with Crippen LogP contribution in [0.4, 0.5) is 0 Å². The zero-order chi connectivity index (χ0) is 29.5. The molecule has 5 rings (SSSR count). The Labute approximate surface area is 249 Å². The van der Waals surface area contributed by atoms with Gasteiger partial charge in [-0.15, -0.1) is 0 Å². The van der Waals surface area contributed by atoms with E-state index in [-0.39, 0.29) is 22.4 Å². The first-order valence-electron chi connectivity index (χ1n) is 14.9. The average Bonchev–Trinajstić information content (AvgIpc) is 2.88. The number of ketones is 2. The quantitative estimate of drug-likeness (QED) is 0.316. The van der Waals surface area contributed by atoms with Crippen molar-refractivity contribution >= 4 is 23.2 Å². The van der Waals surface area contributed by atoms with Crippen LogP contribution in [0, 0.1) is 10.8 Å². The van der Waals surface area contributed by atoms with E-state index in [1.165, 1.54) is 0 Å². The number of rotatable bonds is 8. The van der Waals surface area contributed by atoms with Gasteiger partial charge in [0.1, 0.15) is 6.61 Å². The number of ether oxygens (including phenoxy) is 2. The lowest BCUT2D eigenvalue weighted by molar-refractivity contribution is -0.119. The smallest absolute Gasteiger partial charge is 0.180 e. The van der Waals surface area contributed by atoms with Crippen molar-refractivity contribution in [2.24, 2.45) is 10.8 Å². The first-order valence-corrected chi connectivity index (χ1v) is 15.3. The van der Waals surface area contributed by atoms with E-state index in [2.05, 4.69) is 39.5 Å². The zero-order valence-corrected chi connectivity index (χ0v) is 26.0. The van der Waals surface area contributed by atoms with Crippen LogP contribution in [-0.4, -0.2) is 29.6 Å². The average molecular weight is 576 g/mol. The summed E-state index contributed by atoms with van der Waals surface area (Å²) in [6, 6.07) is 13.7. The number of nitrogens with zero attached hydrogens (tertiary/aromatic N) is 1. The highest BCUT2D eigenvalue weighted by molar-refractivity contribution is 6.32. The van der Waals surface area contributed by atoms with Gasteiger partial charge in [0, 0.05) is 47.8 Å². The number of allylic oxidation sites excluding steroid dienone is 4. The molecule has 5 nitrogen and oxygen atoms in total. The normalized spacial score (nSPS) is 20.2. The van der Waals surface area contributed by atoms with Gasteiger partial charge in [-0.1, -0.05) is 76.6 Å².